The molecule has 0 fully saturated rings. The molecule has 0 aliphatic heterocycles. The molecule has 0 N–H and O–H groups in total. The Balaban J connectivity index is 2.54. The van der Waals surface area contributed by atoms with Crippen LogP contribution < -0.4 is 0 Å². The van der Waals surface area contributed by atoms with Crippen molar-refractivity contribution in [1.29, 1.82) is 0 Å². The maximum absolute atomic E-state index is 4.23. The molecular formula is C25H30. The molecule has 0 radical (unpaired) electrons. The molecule has 2 rings (SSSR count). The largest absolute Gasteiger partial charge is 0.102 e. The highest BCUT2D eigenvalue weighted by molar-refractivity contribution is 5.34. The lowest BCUT2D eigenvalue weighted by Crippen LogP contribution is -2.30. The van der Waals surface area contributed by atoms with Crippen molar-refractivity contribution >= 4 is 0 Å². The van der Waals surface area contributed by atoms with Gasteiger partial charge in [-0.1, -0.05) is 91.4 Å². The first-order chi connectivity index (χ1) is 12.0. The molecule has 0 spiro atoms. The summed E-state index contributed by atoms with van der Waals surface area (Å²) in [7, 11) is 0. The molecule has 0 aliphatic rings. The van der Waals surface area contributed by atoms with Crippen LogP contribution in [0.2, 0.25) is 0 Å². The summed E-state index contributed by atoms with van der Waals surface area (Å²) in [6.07, 6.45) is 7.54. The Hall–Kier alpha value is -2.34. The predicted octanol–water partition coefficient (Wildman–Crippen LogP) is 7.29. The highest BCUT2D eigenvalue weighted by atomic mass is 14.4. The molecule has 0 nitrogen and oxygen atoms in total. The van der Waals surface area contributed by atoms with Crippen molar-refractivity contribution in [3.63, 3.8) is 0 Å². The van der Waals surface area contributed by atoms with E-state index in [0.29, 0.717) is 5.92 Å². The van der Waals surface area contributed by atoms with Crippen LogP contribution in [0.5, 0.6) is 0 Å². The molecule has 0 amide bonds. The third-order valence-corrected chi connectivity index (χ3v) is 5.22. The van der Waals surface area contributed by atoms with Crippen LogP contribution in [0.25, 0.3) is 0 Å². The fourth-order valence-electron chi connectivity index (χ4n) is 3.68. The minimum absolute atomic E-state index is 0.129. The van der Waals surface area contributed by atoms with E-state index < -0.39 is 0 Å². The smallest absolute Gasteiger partial charge is 0.0110 e. The fourth-order valence-corrected chi connectivity index (χ4v) is 3.68. The molecule has 0 aromatic heterocycles. The lowest BCUT2D eigenvalue weighted by Gasteiger charge is -2.41. The predicted molar refractivity (Wildman–Crippen MR) is 111 cm³/mol. The minimum atomic E-state index is -0.129. The van der Waals surface area contributed by atoms with Gasteiger partial charge in [0.15, 0.2) is 0 Å². The first-order valence-electron chi connectivity index (χ1n) is 9.02. The van der Waals surface area contributed by atoms with Crippen LogP contribution in [0, 0.1) is 5.41 Å². The van der Waals surface area contributed by atoms with E-state index in [2.05, 4.69) is 113 Å². The molecule has 130 valence electrons. The van der Waals surface area contributed by atoms with Gasteiger partial charge in [0.2, 0.25) is 0 Å². The molecule has 3 atom stereocenters. The number of hydrogen-bond donors (Lipinski definition) is 0. The van der Waals surface area contributed by atoms with Gasteiger partial charge in [-0.05, 0) is 37.3 Å². The molecule has 2 aromatic carbocycles. The van der Waals surface area contributed by atoms with E-state index in [-0.39, 0.29) is 11.3 Å². The van der Waals surface area contributed by atoms with Gasteiger partial charge in [0.25, 0.3) is 0 Å². The molecule has 0 aliphatic carbocycles. The Morgan fingerprint density at radius 1 is 0.920 bits per heavy atom. The van der Waals surface area contributed by atoms with Gasteiger partial charge >= 0.3 is 0 Å². The maximum atomic E-state index is 4.23. The summed E-state index contributed by atoms with van der Waals surface area (Å²) in [5.74, 6) is 0.547. The van der Waals surface area contributed by atoms with Crippen molar-refractivity contribution in [3.8, 4) is 0 Å². The summed E-state index contributed by atoms with van der Waals surface area (Å²) < 4.78 is 0. The Morgan fingerprint density at radius 2 is 1.44 bits per heavy atom. The molecular weight excluding hydrogens is 300 g/mol. The summed E-state index contributed by atoms with van der Waals surface area (Å²) in [5.41, 5.74) is 3.86. The molecule has 25 heavy (non-hydrogen) atoms. The van der Waals surface area contributed by atoms with E-state index in [1.165, 1.54) is 16.7 Å². The molecule has 0 heterocycles. The van der Waals surface area contributed by atoms with Crippen LogP contribution in [0.1, 0.15) is 50.2 Å². The molecule has 0 bridgehead atoms. The molecule has 0 saturated heterocycles. The molecule has 0 heteroatoms. The van der Waals surface area contributed by atoms with Gasteiger partial charge in [-0.25, -0.2) is 0 Å². The van der Waals surface area contributed by atoms with Crippen molar-refractivity contribution in [2.45, 2.75) is 39.0 Å². The average molecular weight is 331 g/mol. The zero-order valence-corrected chi connectivity index (χ0v) is 15.8. The normalized spacial score (nSPS) is 15.5. The van der Waals surface area contributed by atoms with Crippen LogP contribution in [-0.2, 0) is 0 Å². The van der Waals surface area contributed by atoms with E-state index >= 15 is 0 Å². The Morgan fingerprint density at radius 3 is 1.88 bits per heavy atom. The first-order valence-corrected chi connectivity index (χ1v) is 9.02. The maximum Gasteiger partial charge on any atom is 0.0110 e. The fraction of sp³-hybridized carbons (Fsp3) is 0.280. The van der Waals surface area contributed by atoms with Gasteiger partial charge in [0.05, 0.1) is 0 Å². The SMILES string of the molecule is C=CC(c1ccccc1)C(C)(C=C)C(CC=C(C)C)c1ccccc1. The van der Waals surface area contributed by atoms with Gasteiger partial charge < -0.3 is 0 Å². The van der Waals surface area contributed by atoms with E-state index in [1.807, 2.05) is 0 Å². The molecule has 3 unspecified atom stereocenters. The second kappa shape index (κ2) is 8.67. The first kappa shape index (κ1) is 19.0. The minimum Gasteiger partial charge on any atom is -0.102 e. The number of allylic oxidation sites excluding steroid dienone is 4. The zero-order valence-electron chi connectivity index (χ0n) is 15.8. The van der Waals surface area contributed by atoms with Crippen LogP contribution in [-0.4, -0.2) is 0 Å². The summed E-state index contributed by atoms with van der Waals surface area (Å²) in [6, 6.07) is 21.4. The van der Waals surface area contributed by atoms with Crippen molar-refractivity contribution in [3.05, 3.63) is 109 Å². The van der Waals surface area contributed by atoms with Crippen molar-refractivity contribution in [1.82, 2.24) is 0 Å². The van der Waals surface area contributed by atoms with Gasteiger partial charge in [0, 0.05) is 11.3 Å². The standard InChI is InChI=1S/C25H30/c1-6-23(21-14-10-8-11-15-21)25(5,7-2)24(19-18-20(3)4)22-16-12-9-13-17-22/h6-18,23-24H,1-2,19H2,3-5H3. The zero-order chi connectivity index (χ0) is 18.3. The highest BCUT2D eigenvalue weighted by Crippen LogP contribution is 2.50. The van der Waals surface area contributed by atoms with E-state index in [0.717, 1.165) is 6.42 Å². The van der Waals surface area contributed by atoms with Gasteiger partial charge in [0.1, 0.15) is 0 Å². The number of rotatable bonds is 8. The summed E-state index contributed by atoms with van der Waals surface area (Å²) in [4.78, 5) is 0. The van der Waals surface area contributed by atoms with E-state index in [4.69, 9.17) is 0 Å². The lowest BCUT2D eigenvalue weighted by molar-refractivity contribution is 0.301. The third-order valence-electron chi connectivity index (χ3n) is 5.22. The average Bonchev–Trinajstić information content (AvgIpc) is 2.64. The second-order valence-electron chi connectivity index (χ2n) is 7.17. The molecule has 0 saturated carbocycles. The van der Waals surface area contributed by atoms with E-state index in [1.54, 1.807) is 0 Å². The summed E-state index contributed by atoms with van der Waals surface area (Å²) >= 11 is 0. The Bertz CT molecular complexity index is 704. The monoisotopic (exact) mass is 330 g/mol. The lowest BCUT2D eigenvalue weighted by atomic mass is 9.62. The van der Waals surface area contributed by atoms with Gasteiger partial charge in [-0.3, -0.25) is 0 Å². The molecule has 2 aromatic rings. The van der Waals surface area contributed by atoms with Crippen molar-refractivity contribution < 1.29 is 0 Å². The summed E-state index contributed by atoms with van der Waals surface area (Å²) in [6.45, 7) is 15.0. The van der Waals surface area contributed by atoms with Crippen LogP contribution in [0.3, 0.4) is 0 Å². The Labute approximate surface area is 153 Å². The number of hydrogen-bond acceptors (Lipinski definition) is 0. The Kier molecular flexibility index (Phi) is 6.58. The van der Waals surface area contributed by atoms with Crippen LogP contribution in [0.15, 0.2) is 97.6 Å². The van der Waals surface area contributed by atoms with Gasteiger partial charge in [-0.2, -0.15) is 0 Å². The van der Waals surface area contributed by atoms with Crippen molar-refractivity contribution in [2.75, 3.05) is 0 Å². The topological polar surface area (TPSA) is 0 Å². The van der Waals surface area contributed by atoms with Crippen LogP contribution >= 0.6 is 0 Å². The van der Waals surface area contributed by atoms with E-state index in [9.17, 15) is 0 Å². The third kappa shape index (κ3) is 4.39. The van der Waals surface area contributed by atoms with Gasteiger partial charge in [-0.15, -0.1) is 13.2 Å². The van der Waals surface area contributed by atoms with Crippen LogP contribution in [0.4, 0.5) is 0 Å². The summed E-state index contributed by atoms with van der Waals surface area (Å²) in [5, 5.41) is 0. The van der Waals surface area contributed by atoms with Crippen molar-refractivity contribution in [2.24, 2.45) is 5.41 Å². The quantitative estimate of drug-likeness (QED) is 0.446. The highest BCUT2D eigenvalue weighted by Gasteiger charge is 2.38. The number of benzene rings is 2. The second-order valence-corrected chi connectivity index (χ2v) is 7.17.